The maximum Gasteiger partial charge on any atom is 0.274 e. The van der Waals surface area contributed by atoms with Crippen molar-refractivity contribution in [1.82, 2.24) is 20.1 Å². The van der Waals surface area contributed by atoms with Gasteiger partial charge < -0.3 is 9.64 Å². The van der Waals surface area contributed by atoms with E-state index in [4.69, 9.17) is 4.74 Å². The molecule has 0 spiro atoms. The number of likely N-dealkylation sites (tertiary alicyclic amines) is 1. The second-order valence-corrected chi connectivity index (χ2v) is 6.24. The van der Waals surface area contributed by atoms with Crippen LogP contribution in [0.5, 0.6) is 5.75 Å². The van der Waals surface area contributed by atoms with Crippen LogP contribution in [0, 0.1) is 0 Å². The minimum absolute atomic E-state index is 0.0710. The van der Waals surface area contributed by atoms with Crippen LogP contribution in [-0.4, -0.2) is 45.2 Å². The maximum atomic E-state index is 12.9. The number of amides is 1. The molecule has 3 heterocycles. The van der Waals surface area contributed by atoms with Crippen molar-refractivity contribution in [2.45, 2.75) is 18.9 Å². The van der Waals surface area contributed by atoms with E-state index in [0.29, 0.717) is 23.9 Å². The number of aromatic nitrogens is 3. The Hall–Kier alpha value is -3.22. The topological polar surface area (TPSA) is 88.2 Å². The Bertz CT molecular complexity index is 979. The van der Waals surface area contributed by atoms with Crippen LogP contribution in [0.4, 0.5) is 0 Å². The summed E-state index contributed by atoms with van der Waals surface area (Å²) in [5, 5.41) is 7.48. The first kappa shape index (κ1) is 16.3. The van der Waals surface area contributed by atoms with E-state index in [1.807, 2.05) is 12.1 Å². The number of fused-ring (bicyclic) bond motifs is 1. The standard InChI is InChI=1S/C19H18N4O3/c24-18-16-4-2-1-3-15(16)17(21-22-18)19(25)23-11-7-14(8-12-23)26-13-5-9-20-10-6-13/h1-6,9-10,14H,7-8,11-12H2,(H,22,24). The van der Waals surface area contributed by atoms with Gasteiger partial charge in [-0.3, -0.25) is 14.6 Å². The van der Waals surface area contributed by atoms with E-state index in [1.54, 1.807) is 41.6 Å². The van der Waals surface area contributed by atoms with E-state index in [9.17, 15) is 9.59 Å². The molecule has 1 aliphatic heterocycles. The Labute approximate surface area is 149 Å². The van der Waals surface area contributed by atoms with Gasteiger partial charge in [0.15, 0.2) is 5.69 Å². The van der Waals surface area contributed by atoms with Crippen LogP contribution < -0.4 is 10.3 Å². The average Bonchev–Trinajstić information content (AvgIpc) is 2.69. The summed E-state index contributed by atoms with van der Waals surface area (Å²) in [6.07, 6.45) is 4.95. The Morgan fingerprint density at radius 3 is 2.50 bits per heavy atom. The Morgan fingerprint density at radius 1 is 1.08 bits per heavy atom. The number of hydrogen-bond donors (Lipinski definition) is 1. The Morgan fingerprint density at radius 2 is 1.77 bits per heavy atom. The number of aromatic amines is 1. The van der Waals surface area contributed by atoms with E-state index in [-0.39, 0.29) is 23.3 Å². The van der Waals surface area contributed by atoms with Crippen molar-refractivity contribution in [2.24, 2.45) is 0 Å². The molecular formula is C19H18N4O3. The van der Waals surface area contributed by atoms with Gasteiger partial charge in [-0.25, -0.2) is 5.10 Å². The summed E-state index contributed by atoms with van der Waals surface area (Å²) in [6, 6.07) is 10.7. The molecule has 1 saturated heterocycles. The molecule has 1 amide bonds. The second kappa shape index (κ2) is 6.95. The molecule has 0 atom stereocenters. The quantitative estimate of drug-likeness (QED) is 0.780. The normalized spacial score (nSPS) is 15.2. The molecule has 3 aromatic rings. The summed E-state index contributed by atoms with van der Waals surface area (Å²) in [7, 11) is 0. The molecule has 0 saturated carbocycles. The lowest BCUT2D eigenvalue weighted by Crippen LogP contribution is -2.42. The molecule has 0 aliphatic carbocycles. The molecule has 1 N–H and O–H groups in total. The Balaban J connectivity index is 1.47. The monoisotopic (exact) mass is 350 g/mol. The fourth-order valence-corrected chi connectivity index (χ4v) is 3.21. The van der Waals surface area contributed by atoms with Gasteiger partial charge in [-0.05, 0) is 18.2 Å². The average molecular weight is 350 g/mol. The highest BCUT2D eigenvalue weighted by molar-refractivity contribution is 6.04. The smallest absolute Gasteiger partial charge is 0.274 e. The molecule has 132 valence electrons. The lowest BCUT2D eigenvalue weighted by Gasteiger charge is -2.32. The molecule has 0 unspecified atom stereocenters. The first-order valence-corrected chi connectivity index (χ1v) is 8.56. The highest BCUT2D eigenvalue weighted by Crippen LogP contribution is 2.21. The van der Waals surface area contributed by atoms with Crippen LogP contribution in [0.1, 0.15) is 23.3 Å². The number of H-pyrrole nitrogens is 1. The summed E-state index contributed by atoms with van der Waals surface area (Å²) in [6.45, 7) is 1.17. The zero-order valence-corrected chi connectivity index (χ0v) is 14.1. The minimum atomic E-state index is -0.290. The molecule has 26 heavy (non-hydrogen) atoms. The summed E-state index contributed by atoms with van der Waals surface area (Å²) in [5.74, 6) is 0.623. The van der Waals surface area contributed by atoms with Gasteiger partial charge in [-0.15, -0.1) is 0 Å². The zero-order valence-electron chi connectivity index (χ0n) is 14.1. The van der Waals surface area contributed by atoms with Crippen molar-refractivity contribution in [1.29, 1.82) is 0 Å². The number of hydrogen-bond acceptors (Lipinski definition) is 5. The van der Waals surface area contributed by atoms with Crippen molar-refractivity contribution in [3.05, 3.63) is 64.8 Å². The molecule has 7 nitrogen and oxygen atoms in total. The van der Waals surface area contributed by atoms with Gasteiger partial charge in [0, 0.05) is 43.7 Å². The number of piperidine rings is 1. The van der Waals surface area contributed by atoms with Crippen LogP contribution >= 0.6 is 0 Å². The third-order valence-electron chi connectivity index (χ3n) is 4.58. The van der Waals surface area contributed by atoms with Crippen molar-refractivity contribution in [3.8, 4) is 5.75 Å². The molecular weight excluding hydrogens is 332 g/mol. The number of pyridine rings is 1. The van der Waals surface area contributed by atoms with Crippen molar-refractivity contribution < 1.29 is 9.53 Å². The highest BCUT2D eigenvalue weighted by Gasteiger charge is 2.26. The van der Waals surface area contributed by atoms with Gasteiger partial charge in [0.1, 0.15) is 11.9 Å². The van der Waals surface area contributed by atoms with Crippen LogP contribution in [0.25, 0.3) is 10.8 Å². The van der Waals surface area contributed by atoms with Gasteiger partial charge >= 0.3 is 0 Å². The van der Waals surface area contributed by atoms with E-state index in [1.165, 1.54) is 0 Å². The van der Waals surface area contributed by atoms with Crippen LogP contribution in [-0.2, 0) is 0 Å². The largest absolute Gasteiger partial charge is 0.490 e. The zero-order chi connectivity index (χ0) is 17.9. The lowest BCUT2D eigenvalue weighted by atomic mass is 10.1. The lowest BCUT2D eigenvalue weighted by molar-refractivity contribution is 0.0591. The van der Waals surface area contributed by atoms with E-state index < -0.39 is 0 Å². The van der Waals surface area contributed by atoms with Gasteiger partial charge in [0.2, 0.25) is 0 Å². The highest BCUT2D eigenvalue weighted by atomic mass is 16.5. The predicted molar refractivity (Wildman–Crippen MR) is 96.2 cm³/mol. The van der Waals surface area contributed by atoms with E-state index >= 15 is 0 Å². The predicted octanol–water partition coefficient (Wildman–Crippen LogP) is 2.00. The Kier molecular flexibility index (Phi) is 4.35. The number of rotatable bonds is 3. The van der Waals surface area contributed by atoms with Gasteiger partial charge in [-0.1, -0.05) is 18.2 Å². The molecule has 4 rings (SSSR count). The van der Waals surface area contributed by atoms with E-state index in [0.717, 1.165) is 18.6 Å². The summed E-state index contributed by atoms with van der Waals surface area (Å²) in [5.41, 5.74) is -0.00434. The molecule has 7 heteroatoms. The molecule has 1 aromatic carbocycles. The molecule has 1 fully saturated rings. The molecule has 0 radical (unpaired) electrons. The molecule has 0 bridgehead atoms. The third-order valence-corrected chi connectivity index (χ3v) is 4.58. The number of nitrogens with zero attached hydrogens (tertiary/aromatic N) is 3. The number of nitrogens with one attached hydrogen (secondary N) is 1. The fraction of sp³-hybridized carbons (Fsp3) is 0.263. The SMILES string of the molecule is O=C(c1n[nH]c(=O)c2ccccc12)N1CCC(Oc2ccncc2)CC1. The van der Waals surface area contributed by atoms with Crippen molar-refractivity contribution >= 4 is 16.7 Å². The summed E-state index contributed by atoms with van der Waals surface area (Å²) >= 11 is 0. The number of carbonyl (C=O) groups is 1. The van der Waals surface area contributed by atoms with Crippen molar-refractivity contribution in [2.75, 3.05) is 13.1 Å². The minimum Gasteiger partial charge on any atom is -0.490 e. The van der Waals surface area contributed by atoms with Gasteiger partial charge in [0.25, 0.3) is 11.5 Å². The molecule has 1 aliphatic rings. The maximum absolute atomic E-state index is 12.9. The fourth-order valence-electron chi connectivity index (χ4n) is 3.21. The first-order chi connectivity index (χ1) is 12.7. The number of benzene rings is 1. The summed E-state index contributed by atoms with van der Waals surface area (Å²) in [4.78, 5) is 30.5. The summed E-state index contributed by atoms with van der Waals surface area (Å²) < 4.78 is 5.93. The third kappa shape index (κ3) is 3.15. The first-order valence-electron chi connectivity index (χ1n) is 8.56. The second-order valence-electron chi connectivity index (χ2n) is 6.24. The van der Waals surface area contributed by atoms with E-state index in [2.05, 4.69) is 15.2 Å². The van der Waals surface area contributed by atoms with Crippen LogP contribution in [0.15, 0.2) is 53.6 Å². The van der Waals surface area contributed by atoms with Crippen molar-refractivity contribution in [3.63, 3.8) is 0 Å². The van der Waals surface area contributed by atoms with Gasteiger partial charge in [-0.2, -0.15) is 5.10 Å². The number of ether oxygens (including phenoxy) is 1. The van der Waals surface area contributed by atoms with Gasteiger partial charge in [0.05, 0.1) is 5.39 Å². The number of carbonyl (C=O) groups excluding carboxylic acids is 1. The van der Waals surface area contributed by atoms with Crippen LogP contribution in [0.2, 0.25) is 0 Å². The molecule has 2 aromatic heterocycles. The van der Waals surface area contributed by atoms with Crippen LogP contribution in [0.3, 0.4) is 0 Å².